The lowest BCUT2D eigenvalue weighted by atomic mass is 10.0. The topological polar surface area (TPSA) is 0 Å². The average molecular weight is 314 g/mol. The van der Waals surface area contributed by atoms with Gasteiger partial charge in [-0.1, -0.05) is 57.9 Å². The van der Waals surface area contributed by atoms with Gasteiger partial charge in [0.25, 0.3) is 0 Å². The van der Waals surface area contributed by atoms with Crippen molar-refractivity contribution in [2.45, 2.75) is 11.2 Å². The molecule has 0 N–H and O–H groups in total. The Morgan fingerprint density at radius 2 is 1.82 bits per heavy atom. The Kier molecular flexibility index (Phi) is 4.19. The van der Waals surface area contributed by atoms with Gasteiger partial charge in [-0.2, -0.15) is 0 Å². The highest BCUT2D eigenvalue weighted by Crippen LogP contribution is 2.30. The molecule has 1 unspecified atom stereocenters. The van der Waals surface area contributed by atoms with Crippen LogP contribution in [0.15, 0.2) is 48.5 Å². The molecule has 0 fully saturated rings. The Balaban J connectivity index is 2.20. The summed E-state index contributed by atoms with van der Waals surface area (Å²) in [6, 6.07) is 14.6. The van der Waals surface area contributed by atoms with Crippen LogP contribution in [0.3, 0.4) is 0 Å². The molecule has 2 aromatic rings. The van der Waals surface area contributed by atoms with Crippen LogP contribution >= 0.6 is 27.5 Å². The number of hydrogen-bond acceptors (Lipinski definition) is 0. The van der Waals surface area contributed by atoms with Crippen LogP contribution in [-0.2, 0) is 6.42 Å². The minimum absolute atomic E-state index is 0.0661. The molecule has 88 valence electrons. The van der Waals surface area contributed by atoms with Crippen LogP contribution in [0.5, 0.6) is 0 Å². The van der Waals surface area contributed by atoms with Crippen LogP contribution in [0.2, 0.25) is 5.02 Å². The number of rotatable bonds is 3. The molecule has 0 heterocycles. The summed E-state index contributed by atoms with van der Waals surface area (Å²) in [5, 5.41) is 0.555. The summed E-state index contributed by atoms with van der Waals surface area (Å²) >= 11 is 9.39. The van der Waals surface area contributed by atoms with Crippen molar-refractivity contribution in [3.63, 3.8) is 0 Å². The summed E-state index contributed by atoms with van der Waals surface area (Å²) < 4.78 is 13.6. The van der Waals surface area contributed by atoms with E-state index in [2.05, 4.69) is 15.9 Å². The Morgan fingerprint density at radius 3 is 2.53 bits per heavy atom. The van der Waals surface area contributed by atoms with E-state index in [1.54, 1.807) is 12.1 Å². The highest BCUT2D eigenvalue weighted by Gasteiger charge is 2.13. The van der Waals surface area contributed by atoms with E-state index in [0.717, 1.165) is 12.0 Å². The molecule has 0 spiro atoms. The predicted octanol–water partition coefficient (Wildman–Crippen LogP) is 5.16. The van der Waals surface area contributed by atoms with Gasteiger partial charge in [-0.25, -0.2) is 4.39 Å². The Bertz CT molecular complexity index is 499. The summed E-state index contributed by atoms with van der Waals surface area (Å²) in [7, 11) is 0. The first kappa shape index (κ1) is 12.6. The van der Waals surface area contributed by atoms with E-state index in [1.807, 2.05) is 30.3 Å². The second-order valence-electron chi connectivity index (χ2n) is 3.82. The van der Waals surface area contributed by atoms with Gasteiger partial charge in [0.1, 0.15) is 5.82 Å². The summed E-state index contributed by atoms with van der Waals surface area (Å²) in [4.78, 5) is -0.0661. The molecular weight excluding hydrogens is 303 g/mol. The fourth-order valence-electron chi connectivity index (χ4n) is 1.69. The third-order valence-electron chi connectivity index (χ3n) is 2.55. The monoisotopic (exact) mass is 312 g/mol. The van der Waals surface area contributed by atoms with Crippen molar-refractivity contribution in [1.29, 1.82) is 0 Å². The van der Waals surface area contributed by atoms with E-state index >= 15 is 0 Å². The molecule has 0 saturated heterocycles. The summed E-state index contributed by atoms with van der Waals surface area (Å²) in [5.41, 5.74) is 1.76. The number of hydrogen-bond donors (Lipinski definition) is 0. The van der Waals surface area contributed by atoms with Crippen LogP contribution in [-0.4, -0.2) is 0 Å². The molecule has 3 heteroatoms. The maximum Gasteiger partial charge on any atom is 0.127 e. The lowest BCUT2D eigenvalue weighted by Gasteiger charge is -2.11. The predicted molar refractivity (Wildman–Crippen MR) is 73.2 cm³/mol. The van der Waals surface area contributed by atoms with Gasteiger partial charge in [-0.3, -0.25) is 0 Å². The minimum Gasteiger partial charge on any atom is -0.207 e. The van der Waals surface area contributed by atoms with Crippen molar-refractivity contribution in [1.82, 2.24) is 0 Å². The first-order chi connectivity index (χ1) is 8.16. The molecule has 2 aromatic carbocycles. The average Bonchev–Trinajstić information content (AvgIpc) is 2.33. The molecule has 2 rings (SSSR count). The third-order valence-corrected chi connectivity index (χ3v) is 3.61. The van der Waals surface area contributed by atoms with Crippen molar-refractivity contribution in [3.05, 3.63) is 70.5 Å². The maximum atomic E-state index is 13.6. The van der Waals surface area contributed by atoms with Crippen molar-refractivity contribution < 1.29 is 4.39 Å². The zero-order valence-corrected chi connectivity index (χ0v) is 11.4. The van der Waals surface area contributed by atoms with E-state index in [1.165, 1.54) is 6.07 Å². The molecule has 0 aromatic heterocycles. The highest BCUT2D eigenvalue weighted by atomic mass is 79.9. The van der Waals surface area contributed by atoms with Gasteiger partial charge in [0.2, 0.25) is 0 Å². The van der Waals surface area contributed by atoms with Gasteiger partial charge in [-0.05, 0) is 30.2 Å². The Labute approximate surface area is 114 Å². The smallest absolute Gasteiger partial charge is 0.127 e. The van der Waals surface area contributed by atoms with Crippen molar-refractivity contribution >= 4 is 27.5 Å². The molecule has 0 amide bonds. The zero-order valence-electron chi connectivity index (χ0n) is 9.04. The lowest BCUT2D eigenvalue weighted by Crippen LogP contribution is -1.98. The molecule has 0 saturated carbocycles. The van der Waals surface area contributed by atoms with Crippen molar-refractivity contribution in [2.24, 2.45) is 0 Å². The quantitative estimate of drug-likeness (QED) is 0.687. The fraction of sp³-hybridized carbons (Fsp3) is 0.143. The standard InChI is InChI=1S/C14H11BrClF/c15-13(8-10-4-2-1-3-5-10)12-9-11(16)6-7-14(12)17/h1-7,9,13H,8H2. The van der Waals surface area contributed by atoms with Gasteiger partial charge in [0.05, 0.1) is 0 Å². The van der Waals surface area contributed by atoms with Gasteiger partial charge >= 0.3 is 0 Å². The van der Waals surface area contributed by atoms with Gasteiger partial charge in [-0.15, -0.1) is 0 Å². The molecular formula is C14H11BrClF. The van der Waals surface area contributed by atoms with E-state index in [-0.39, 0.29) is 10.6 Å². The summed E-state index contributed by atoms with van der Waals surface area (Å²) in [6.45, 7) is 0. The lowest BCUT2D eigenvalue weighted by molar-refractivity contribution is 0.608. The first-order valence-electron chi connectivity index (χ1n) is 5.30. The Hall–Kier alpha value is -0.860. The van der Waals surface area contributed by atoms with E-state index in [9.17, 15) is 4.39 Å². The molecule has 0 aliphatic heterocycles. The van der Waals surface area contributed by atoms with Crippen LogP contribution in [0.4, 0.5) is 4.39 Å². The van der Waals surface area contributed by atoms with Gasteiger partial charge in [0.15, 0.2) is 0 Å². The summed E-state index contributed by atoms with van der Waals surface area (Å²) in [5.74, 6) is -0.229. The fourth-order valence-corrected chi connectivity index (χ4v) is 2.59. The maximum absolute atomic E-state index is 13.6. The van der Waals surface area contributed by atoms with Crippen molar-refractivity contribution in [2.75, 3.05) is 0 Å². The van der Waals surface area contributed by atoms with Crippen LogP contribution in [0, 0.1) is 5.82 Å². The third kappa shape index (κ3) is 3.30. The van der Waals surface area contributed by atoms with Gasteiger partial charge in [0, 0.05) is 15.4 Å². The SMILES string of the molecule is Fc1ccc(Cl)cc1C(Br)Cc1ccccc1. The molecule has 0 bridgehead atoms. The van der Waals surface area contributed by atoms with Crippen LogP contribution in [0.1, 0.15) is 16.0 Å². The normalized spacial score (nSPS) is 12.4. The largest absolute Gasteiger partial charge is 0.207 e. The number of benzene rings is 2. The van der Waals surface area contributed by atoms with Gasteiger partial charge < -0.3 is 0 Å². The van der Waals surface area contributed by atoms with E-state index in [0.29, 0.717) is 10.6 Å². The first-order valence-corrected chi connectivity index (χ1v) is 6.59. The highest BCUT2D eigenvalue weighted by molar-refractivity contribution is 9.09. The Morgan fingerprint density at radius 1 is 1.12 bits per heavy atom. The zero-order chi connectivity index (χ0) is 12.3. The van der Waals surface area contributed by atoms with Crippen LogP contribution in [0.25, 0.3) is 0 Å². The second-order valence-corrected chi connectivity index (χ2v) is 5.36. The molecule has 0 aliphatic carbocycles. The second kappa shape index (κ2) is 5.65. The number of halogens is 3. The van der Waals surface area contributed by atoms with Crippen molar-refractivity contribution in [3.8, 4) is 0 Å². The van der Waals surface area contributed by atoms with Crippen LogP contribution < -0.4 is 0 Å². The molecule has 17 heavy (non-hydrogen) atoms. The molecule has 0 aliphatic rings. The molecule has 1 atom stereocenters. The summed E-state index contributed by atoms with van der Waals surface area (Å²) in [6.07, 6.45) is 0.734. The number of alkyl halides is 1. The minimum atomic E-state index is -0.229. The van der Waals surface area contributed by atoms with E-state index < -0.39 is 0 Å². The molecule has 0 nitrogen and oxygen atoms in total. The van der Waals surface area contributed by atoms with E-state index in [4.69, 9.17) is 11.6 Å². The molecule has 0 radical (unpaired) electrons.